The van der Waals surface area contributed by atoms with E-state index in [0.717, 1.165) is 0 Å². The summed E-state index contributed by atoms with van der Waals surface area (Å²) in [7, 11) is 0. The molecular formula is C11H8ClN3S. The molecule has 2 rings (SSSR count). The number of aromatic nitrogens is 1. The Morgan fingerprint density at radius 3 is 3.06 bits per heavy atom. The van der Waals surface area contributed by atoms with Crippen LogP contribution in [0.4, 0.5) is 5.82 Å². The van der Waals surface area contributed by atoms with Gasteiger partial charge in [-0.15, -0.1) is 0 Å². The Kier molecular flexibility index (Phi) is 3.40. The number of pyridine rings is 1. The Hall–Kier alpha value is -1.57. The smallest absolute Gasteiger partial charge is 0.146 e. The van der Waals surface area contributed by atoms with Gasteiger partial charge in [-0.1, -0.05) is 11.6 Å². The number of rotatable bonds is 3. The van der Waals surface area contributed by atoms with Crippen molar-refractivity contribution in [3.05, 3.63) is 45.2 Å². The predicted molar refractivity (Wildman–Crippen MR) is 65.6 cm³/mol. The van der Waals surface area contributed by atoms with Crippen LogP contribution in [0.3, 0.4) is 0 Å². The first-order valence-electron chi connectivity index (χ1n) is 4.61. The zero-order chi connectivity index (χ0) is 11.4. The van der Waals surface area contributed by atoms with Gasteiger partial charge in [-0.25, -0.2) is 4.98 Å². The minimum absolute atomic E-state index is 0.375. The quantitative estimate of drug-likeness (QED) is 0.908. The number of thiophene rings is 1. The van der Waals surface area contributed by atoms with Crippen LogP contribution in [-0.2, 0) is 6.54 Å². The molecule has 5 heteroatoms. The number of hydrogen-bond acceptors (Lipinski definition) is 4. The number of nitrogens with one attached hydrogen (secondary N) is 1. The minimum atomic E-state index is 0.375. The molecule has 0 saturated heterocycles. The summed E-state index contributed by atoms with van der Waals surface area (Å²) in [4.78, 5) is 4.10. The molecule has 80 valence electrons. The van der Waals surface area contributed by atoms with E-state index in [9.17, 15) is 0 Å². The summed E-state index contributed by atoms with van der Waals surface area (Å²) in [5.41, 5.74) is 1.61. The molecule has 0 aromatic carbocycles. The maximum Gasteiger partial charge on any atom is 0.146 e. The average Bonchev–Trinajstić information content (AvgIpc) is 2.81. The Morgan fingerprint density at radius 1 is 1.50 bits per heavy atom. The fourth-order valence-electron chi connectivity index (χ4n) is 1.23. The molecule has 2 aromatic rings. The number of anilines is 1. The van der Waals surface area contributed by atoms with Gasteiger partial charge in [0.25, 0.3) is 0 Å². The van der Waals surface area contributed by atoms with Crippen molar-refractivity contribution < 1.29 is 0 Å². The van der Waals surface area contributed by atoms with Crippen molar-refractivity contribution in [2.45, 2.75) is 6.54 Å². The van der Waals surface area contributed by atoms with E-state index in [1.165, 1.54) is 5.56 Å². The average molecular weight is 250 g/mol. The summed E-state index contributed by atoms with van der Waals surface area (Å²) in [5.74, 6) is 0.548. The molecule has 0 bridgehead atoms. The first-order chi connectivity index (χ1) is 7.81. The van der Waals surface area contributed by atoms with Gasteiger partial charge in [0.2, 0.25) is 0 Å². The first-order valence-corrected chi connectivity index (χ1v) is 5.93. The molecule has 0 saturated carbocycles. The van der Waals surface area contributed by atoms with Crippen LogP contribution in [0, 0.1) is 11.3 Å². The highest BCUT2D eigenvalue weighted by atomic mass is 35.5. The number of halogens is 1. The molecule has 0 unspecified atom stereocenters. The summed E-state index contributed by atoms with van der Waals surface area (Å²) < 4.78 is 0. The minimum Gasteiger partial charge on any atom is -0.365 e. The predicted octanol–water partition coefficient (Wildman–Crippen LogP) is 3.28. The molecular weight excluding hydrogens is 242 g/mol. The molecule has 0 spiro atoms. The van der Waals surface area contributed by atoms with Crippen LogP contribution in [0.1, 0.15) is 11.1 Å². The molecule has 16 heavy (non-hydrogen) atoms. The third-order valence-corrected chi connectivity index (χ3v) is 3.16. The van der Waals surface area contributed by atoms with E-state index < -0.39 is 0 Å². The molecule has 0 aliphatic carbocycles. The second-order valence-corrected chi connectivity index (χ2v) is 4.28. The van der Waals surface area contributed by atoms with E-state index in [0.29, 0.717) is 22.9 Å². The lowest BCUT2D eigenvalue weighted by molar-refractivity contribution is 1.12. The van der Waals surface area contributed by atoms with Crippen LogP contribution < -0.4 is 5.32 Å². The van der Waals surface area contributed by atoms with Gasteiger partial charge in [-0.3, -0.25) is 0 Å². The van der Waals surface area contributed by atoms with Crippen molar-refractivity contribution in [3.63, 3.8) is 0 Å². The maximum atomic E-state index is 8.81. The molecule has 0 aliphatic heterocycles. The van der Waals surface area contributed by atoms with Gasteiger partial charge in [0.15, 0.2) is 0 Å². The summed E-state index contributed by atoms with van der Waals surface area (Å²) >= 11 is 7.65. The SMILES string of the molecule is N#Cc1ccnc(NCc2ccsc2)c1Cl. The van der Waals surface area contributed by atoms with Crippen LogP contribution in [0.2, 0.25) is 5.02 Å². The lowest BCUT2D eigenvalue weighted by Gasteiger charge is -2.06. The number of nitriles is 1. The first kappa shape index (κ1) is 10.9. The summed E-state index contributed by atoms with van der Waals surface area (Å²) in [6.07, 6.45) is 1.57. The van der Waals surface area contributed by atoms with E-state index in [1.807, 2.05) is 17.5 Å². The van der Waals surface area contributed by atoms with E-state index in [1.54, 1.807) is 23.6 Å². The monoisotopic (exact) mass is 249 g/mol. The van der Waals surface area contributed by atoms with Crippen molar-refractivity contribution >= 4 is 28.8 Å². The van der Waals surface area contributed by atoms with E-state index in [2.05, 4.69) is 15.7 Å². The number of nitrogens with zero attached hydrogens (tertiary/aromatic N) is 2. The zero-order valence-electron chi connectivity index (χ0n) is 8.27. The lowest BCUT2D eigenvalue weighted by atomic mass is 10.3. The van der Waals surface area contributed by atoms with E-state index in [-0.39, 0.29) is 0 Å². The normalized spacial score (nSPS) is 9.75. The van der Waals surface area contributed by atoms with Crippen LogP contribution in [-0.4, -0.2) is 4.98 Å². The lowest BCUT2D eigenvalue weighted by Crippen LogP contribution is -2.01. The Balaban J connectivity index is 2.13. The van der Waals surface area contributed by atoms with Crippen LogP contribution in [0.5, 0.6) is 0 Å². The molecule has 0 atom stereocenters. The molecule has 1 N–H and O–H groups in total. The van der Waals surface area contributed by atoms with Crippen molar-refractivity contribution in [2.75, 3.05) is 5.32 Å². The third kappa shape index (κ3) is 2.32. The van der Waals surface area contributed by atoms with Crippen LogP contribution >= 0.6 is 22.9 Å². The highest BCUT2D eigenvalue weighted by Gasteiger charge is 2.06. The summed E-state index contributed by atoms with van der Waals surface area (Å²) in [6.45, 7) is 0.658. The second-order valence-electron chi connectivity index (χ2n) is 3.12. The zero-order valence-corrected chi connectivity index (χ0v) is 9.85. The van der Waals surface area contributed by atoms with E-state index in [4.69, 9.17) is 16.9 Å². The molecule has 0 amide bonds. The van der Waals surface area contributed by atoms with Gasteiger partial charge < -0.3 is 5.32 Å². The fraction of sp³-hybridized carbons (Fsp3) is 0.0909. The van der Waals surface area contributed by atoms with Gasteiger partial charge in [0.05, 0.1) is 5.56 Å². The van der Waals surface area contributed by atoms with Gasteiger partial charge in [0.1, 0.15) is 16.9 Å². The topological polar surface area (TPSA) is 48.7 Å². The summed E-state index contributed by atoms with van der Waals surface area (Å²) in [6, 6.07) is 5.64. The fourth-order valence-corrected chi connectivity index (χ4v) is 2.12. The van der Waals surface area contributed by atoms with Gasteiger partial charge in [0, 0.05) is 12.7 Å². The van der Waals surface area contributed by atoms with Crippen molar-refractivity contribution in [1.29, 1.82) is 5.26 Å². The molecule has 2 aromatic heterocycles. The molecule has 3 nitrogen and oxygen atoms in total. The largest absolute Gasteiger partial charge is 0.365 e. The Bertz CT molecular complexity index is 517. The molecule has 0 radical (unpaired) electrons. The summed E-state index contributed by atoms with van der Waals surface area (Å²) in [5, 5.41) is 16.3. The third-order valence-electron chi connectivity index (χ3n) is 2.05. The van der Waals surface area contributed by atoms with E-state index >= 15 is 0 Å². The standard InChI is InChI=1S/C11H8ClN3S/c12-10-9(5-13)1-3-14-11(10)15-6-8-2-4-16-7-8/h1-4,7H,6H2,(H,14,15). The Labute approximate surface area is 102 Å². The highest BCUT2D eigenvalue weighted by Crippen LogP contribution is 2.23. The maximum absolute atomic E-state index is 8.81. The molecule has 0 aliphatic rings. The molecule has 2 heterocycles. The van der Waals surface area contributed by atoms with Crippen molar-refractivity contribution in [1.82, 2.24) is 4.98 Å². The van der Waals surface area contributed by atoms with Crippen LogP contribution in [0.25, 0.3) is 0 Å². The number of hydrogen-bond donors (Lipinski definition) is 1. The van der Waals surface area contributed by atoms with Crippen molar-refractivity contribution in [3.8, 4) is 6.07 Å². The highest BCUT2D eigenvalue weighted by molar-refractivity contribution is 7.07. The van der Waals surface area contributed by atoms with Crippen molar-refractivity contribution in [2.24, 2.45) is 0 Å². The molecule has 0 fully saturated rings. The van der Waals surface area contributed by atoms with Gasteiger partial charge in [-0.05, 0) is 28.5 Å². The van der Waals surface area contributed by atoms with Gasteiger partial charge >= 0.3 is 0 Å². The Morgan fingerprint density at radius 2 is 2.38 bits per heavy atom. The van der Waals surface area contributed by atoms with Gasteiger partial charge in [-0.2, -0.15) is 16.6 Å². The second kappa shape index (κ2) is 4.97. The van der Waals surface area contributed by atoms with Crippen LogP contribution in [0.15, 0.2) is 29.1 Å².